The Balaban J connectivity index is 1.75. The van der Waals surface area contributed by atoms with Crippen molar-refractivity contribution in [2.24, 2.45) is 22.2 Å². The molecule has 4 fully saturated rings. The van der Waals surface area contributed by atoms with Gasteiger partial charge in [-0.3, -0.25) is 0 Å². The van der Waals surface area contributed by atoms with Gasteiger partial charge in [0.1, 0.15) is 0 Å². The summed E-state index contributed by atoms with van der Waals surface area (Å²) in [6.45, 7) is 9.32. The zero-order valence-electron chi connectivity index (χ0n) is 13.8. The standard InChI is InChI=1S/C19H28OS/c1-12-5-15(13(2)21-12)16(20)19-8-14-6-17(3,10-19)9-18(4,7-14)11-19/h5,14,16,20H,6-11H2,1-4H3. The average molecular weight is 304 g/mol. The lowest BCUT2D eigenvalue weighted by molar-refractivity contribution is -0.187. The van der Waals surface area contributed by atoms with E-state index in [1.165, 1.54) is 53.8 Å². The smallest absolute Gasteiger partial charge is 0.0857 e. The molecule has 5 rings (SSSR count). The molecule has 0 aromatic carbocycles. The Hall–Kier alpha value is -0.340. The van der Waals surface area contributed by atoms with Crippen LogP contribution in [0, 0.1) is 36.0 Å². The van der Waals surface area contributed by atoms with Crippen LogP contribution in [0.2, 0.25) is 0 Å². The van der Waals surface area contributed by atoms with Crippen molar-refractivity contribution in [3.63, 3.8) is 0 Å². The average Bonchev–Trinajstić information content (AvgIpc) is 2.62. The van der Waals surface area contributed by atoms with Gasteiger partial charge < -0.3 is 5.11 Å². The third kappa shape index (κ3) is 2.05. The molecular formula is C19H28OS. The van der Waals surface area contributed by atoms with Crippen LogP contribution in [0.5, 0.6) is 0 Å². The maximum absolute atomic E-state index is 11.3. The lowest BCUT2D eigenvalue weighted by Gasteiger charge is -2.66. The molecule has 116 valence electrons. The minimum Gasteiger partial charge on any atom is -0.388 e. The molecule has 3 atom stereocenters. The van der Waals surface area contributed by atoms with Gasteiger partial charge in [0, 0.05) is 15.2 Å². The number of rotatable bonds is 2. The van der Waals surface area contributed by atoms with E-state index < -0.39 is 0 Å². The zero-order chi connectivity index (χ0) is 15.0. The van der Waals surface area contributed by atoms with Crippen molar-refractivity contribution in [1.82, 2.24) is 0 Å². The van der Waals surface area contributed by atoms with Gasteiger partial charge >= 0.3 is 0 Å². The highest BCUT2D eigenvalue weighted by molar-refractivity contribution is 7.12. The lowest BCUT2D eigenvalue weighted by atomic mass is 9.39. The molecule has 3 unspecified atom stereocenters. The van der Waals surface area contributed by atoms with Gasteiger partial charge in [0.15, 0.2) is 0 Å². The first-order chi connectivity index (χ1) is 9.73. The van der Waals surface area contributed by atoms with E-state index in [1.54, 1.807) is 0 Å². The molecule has 4 saturated carbocycles. The second kappa shape index (κ2) is 4.14. The summed E-state index contributed by atoms with van der Waals surface area (Å²) in [5.74, 6) is 0.853. The molecule has 1 heterocycles. The normalized spacial score (nSPS) is 46.0. The molecule has 4 bridgehead atoms. The quantitative estimate of drug-likeness (QED) is 0.776. The number of aliphatic hydroxyl groups is 1. The van der Waals surface area contributed by atoms with Crippen LogP contribution >= 0.6 is 11.3 Å². The first kappa shape index (κ1) is 14.3. The molecule has 21 heavy (non-hydrogen) atoms. The Morgan fingerprint density at radius 1 is 1.10 bits per heavy atom. The van der Waals surface area contributed by atoms with Crippen molar-refractivity contribution >= 4 is 11.3 Å². The molecule has 2 heteroatoms. The van der Waals surface area contributed by atoms with Crippen LogP contribution < -0.4 is 0 Å². The molecule has 4 aliphatic rings. The van der Waals surface area contributed by atoms with Gasteiger partial charge in [-0.1, -0.05) is 13.8 Å². The second-order valence-electron chi connectivity index (χ2n) is 9.26. The summed E-state index contributed by atoms with van der Waals surface area (Å²) in [6, 6.07) is 2.24. The summed E-state index contributed by atoms with van der Waals surface area (Å²) >= 11 is 1.84. The minimum atomic E-state index is -0.246. The van der Waals surface area contributed by atoms with Crippen molar-refractivity contribution in [1.29, 1.82) is 0 Å². The lowest BCUT2D eigenvalue weighted by Crippen LogP contribution is -2.56. The summed E-state index contributed by atoms with van der Waals surface area (Å²) in [5, 5.41) is 11.3. The van der Waals surface area contributed by atoms with E-state index in [9.17, 15) is 5.11 Å². The molecular weight excluding hydrogens is 276 g/mol. The van der Waals surface area contributed by atoms with Crippen LogP contribution in [-0.4, -0.2) is 5.11 Å². The van der Waals surface area contributed by atoms with Gasteiger partial charge in [-0.05, 0) is 80.8 Å². The largest absolute Gasteiger partial charge is 0.388 e. The summed E-state index contributed by atoms with van der Waals surface area (Å²) in [4.78, 5) is 2.66. The van der Waals surface area contributed by atoms with Crippen LogP contribution in [0.3, 0.4) is 0 Å². The van der Waals surface area contributed by atoms with E-state index in [-0.39, 0.29) is 11.5 Å². The zero-order valence-corrected chi connectivity index (χ0v) is 14.6. The van der Waals surface area contributed by atoms with E-state index >= 15 is 0 Å². The Morgan fingerprint density at radius 3 is 2.19 bits per heavy atom. The molecule has 1 nitrogen and oxygen atoms in total. The van der Waals surface area contributed by atoms with Crippen molar-refractivity contribution in [3.05, 3.63) is 21.4 Å². The topological polar surface area (TPSA) is 20.2 Å². The van der Waals surface area contributed by atoms with E-state index in [4.69, 9.17) is 0 Å². The monoisotopic (exact) mass is 304 g/mol. The Morgan fingerprint density at radius 2 is 1.71 bits per heavy atom. The summed E-state index contributed by atoms with van der Waals surface area (Å²) in [5.41, 5.74) is 2.34. The van der Waals surface area contributed by atoms with Crippen LogP contribution in [0.25, 0.3) is 0 Å². The van der Waals surface area contributed by atoms with Crippen molar-refractivity contribution in [2.75, 3.05) is 0 Å². The van der Waals surface area contributed by atoms with Gasteiger partial charge in [-0.15, -0.1) is 11.3 Å². The summed E-state index contributed by atoms with van der Waals surface area (Å²) in [6.07, 6.45) is 7.67. The Labute approximate surface area is 132 Å². The van der Waals surface area contributed by atoms with E-state index in [0.29, 0.717) is 10.8 Å². The van der Waals surface area contributed by atoms with Crippen molar-refractivity contribution in [2.45, 2.75) is 72.3 Å². The minimum absolute atomic E-state index is 0.154. The highest BCUT2D eigenvalue weighted by atomic mass is 32.1. The number of hydrogen-bond donors (Lipinski definition) is 1. The van der Waals surface area contributed by atoms with Crippen molar-refractivity contribution in [3.8, 4) is 0 Å². The van der Waals surface area contributed by atoms with Crippen LogP contribution in [0.15, 0.2) is 6.07 Å². The molecule has 0 spiro atoms. The molecule has 1 N–H and O–H groups in total. The third-order valence-corrected chi connectivity index (χ3v) is 7.61. The van der Waals surface area contributed by atoms with Gasteiger partial charge in [0.2, 0.25) is 0 Å². The highest BCUT2D eigenvalue weighted by Crippen LogP contribution is 2.72. The number of thiophene rings is 1. The Kier molecular flexibility index (Phi) is 2.81. The van der Waals surface area contributed by atoms with Gasteiger partial charge in [-0.2, -0.15) is 0 Å². The van der Waals surface area contributed by atoms with Crippen LogP contribution in [-0.2, 0) is 0 Å². The number of aliphatic hydroxyl groups excluding tert-OH is 1. The number of aryl methyl sites for hydroxylation is 2. The third-order valence-electron chi connectivity index (χ3n) is 6.62. The van der Waals surface area contributed by atoms with Crippen molar-refractivity contribution < 1.29 is 5.11 Å². The fraction of sp³-hybridized carbons (Fsp3) is 0.789. The first-order valence-corrected chi connectivity index (χ1v) is 9.29. The summed E-state index contributed by atoms with van der Waals surface area (Å²) in [7, 11) is 0. The van der Waals surface area contributed by atoms with Crippen LogP contribution in [0.1, 0.15) is 73.8 Å². The van der Waals surface area contributed by atoms with Gasteiger partial charge in [0.25, 0.3) is 0 Å². The van der Waals surface area contributed by atoms with E-state index in [2.05, 4.69) is 33.8 Å². The maximum atomic E-state index is 11.3. The number of hydrogen-bond acceptors (Lipinski definition) is 2. The predicted octanol–water partition coefficient (Wildman–Crippen LogP) is 5.39. The molecule has 0 amide bonds. The Bertz CT molecular complexity index is 568. The fourth-order valence-electron chi connectivity index (χ4n) is 7.09. The van der Waals surface area contributed by atoms with Gasteiger partial charge in [0.05, 0.1) is 6.10 Å². The molecule has 0 radical (unpaired) electrons. The molecule has 4 aliphatic carbocycles. The molecule has 0 saturated heterocycles. The SMILES string of the molecule is Cc1cc(C(O)C23CC4CC(C)(CC(C)(C4)C2)C3)c(C)s1. The van der Waals surface area contributed by atoms with Crippen LogP contribution in [0.4, 0.5) is 0 Å². The fourth-order valence-corrected chi connectivity index (χ4v) is 8.05. The van der Waals surface area contributed by atoms with E-state index in [1.807, 2.05) is 11.3 Å². The summed E-state index contributed by atoms with van der Waals surface area (Å²) < 4.78 is 0. The van der Waals surface area contributed by atoms with Gasteiger partial charge in [-0.25, -0.2) is 0 Å². The second-order valence-corrected chi connectivity index (χ2v) is 10.7. The highest BCUT2D eigenvalue weighted by Gasteiger charge is 2.62. The maximum Gasteiger partial charge on any atom is 0.0857 e. The molecule has 1 aromatic heterocycles. The first-order valence-electron chi connectivity index (χ1n) is 8.48. The molecule has 0 aliphatic heterocycles. The predicted molar refractivity (Wildman–Crippen MR) is 88.6 cm³/mol. The molecule has 1 aromatic rings. The van der Waals surface area contributed by atoms with E-state index in [0.717, 1.165) is 5.92 Å².